The highest BCUT2D eigenvalue weighted by molar-refractivity contribution is 6.01. The Balaban J connectivity index is 2.14. The molecule has 0 heterocycles. The molecule has 3 aromatic rings. The first kappa shape index (κ1) is 19.4. The van der Waals surface area contributed by atoms with Crippen LogP contribution in [0.1, 0.15) is 30.0 Å². The largest absolute Gasteiger partial charge is 0.439 e. The third-order valence-electron chi connectivity index (χ3n) is 4.55. The summed E-state index contributed by atoms with van der Waals surface area (Å²) in [6.07, 6.45) is 0.166. The molecule has 0 unspecified atom stereocenters. The standard InChI is InChI=1S/C24H23NO3/c1-3-22(26)28-24(19-10-6-4-7-11-19,20-12-8-5-9-13-20)23(27)25-21-16-14-18(2)15-17-21/h4-17H,3H2,1-2H3,(H,25,27). The Bertz CT molecular complexity index is 895. The molecule has 1 amide bonds. The molecule has 4 heteroatoms. The third kappa shape index (κ3) is 3.96. The number of anilines is 1. The van der Waals surface area contributed by atoms with Crippen molar-refractivity contribution in [2.24, 2.45) is 0 Å². The lowest BCUT2D eigenvalue weighted by Gasteiger charge is -2.33. The Labute approximate surface area is 165 Å². The van der Waals surface area contributed by atoms with Crippen molar-refractivity contribution in [1.82, 2.24) is 0 Å². The first-order chi connectivity index (χ1) is 13.6. The maximum Gasteiger partial charge on any atom is 0.307 e. The molecule has 3 rings (SSSR count). The van der Waals surface area contributed by atoms with Gasteiger partial charge in [-0.3, -0.25) is 9.59 Å². The molecule has 0 aliphatic rings. The van der Waals surface area contributed by atoms with E-state index in [4.69, 9.17) is 4.74 Å². The first-order valence-corrected chi connectivity index (χ1v) is 9.27. The van der Waals surface area contributed by atoms with E-state index in [-0.39, 0.29) is 6.42 Å². The van der Waals surface area contributed by atoms with Gasteiger partial charge in [-0.25, -0.2) is 0 Å². The molecule has 142 valence electrons. The number of carbonyl (C=O) groups is 2. The van der Waals surface area contributed by atoms with Crippen LogP contribution in [-0.4, -0.2) is 11.9 Å². The number of benzene rings is 3. The van der Waals surface area contributed by atoms with Crippen molar-refractivity contribution in [3.8, 4) is 0 Å². The van der Waals surface area contributed by atoms with Gasteiger partial charge in [0.05, 0.1) is 0 Å². The van der Waals surface area contributed by atoms with Gasteiger partial charge >= 0.3 is 5.97 Å². The van der Waals surface area contributed by atoms with Gasteiger partial charge < -0.3 is 10.1 Å². The van der Waals surface area contributed by atoms with Gasteiger partial charge in [-0.15, -0.1) is 0 Å². The molecular formula is C24H23NO3. The SMILES string of the molecule is CCC(=O)OC(C(=O)Nc1ccc(C)cc1)(c1ccccc1)c1ccccc1. The first-order valence-electron chi connectivity index (χ1n) is 9.27. The zero-order valence-corrected chi connectivity index (χ0v) is 16.0. The number of ether oxygens (including phenoxy) is 1. The number of carbonyl (C=O) groups excluding carboxylic acids is 2. The predicted molar refractivity (Wildman–Crippen MR) is 110 cm³/mol. The van der Waals surface area contributed by atoms with E-state index >= 15 is 0 Å². The topological polar surface area (TPSA) is 55.4 Å². The van der Waals surface area contributed by atoms with Crippen LogP contribution in [0.15, 0.2) is 84.9 Å². The molecule has 0 radical (unpaired) electrons. The smallest absolute Gasteiger partial charge is 0.307 e. The molecule has 0 fully saturated rings. The average Bonchev–Trinajstić information content (AvgIpc) is 2.74. The molecular weight excluding hydrogens is 350 g/mol. The van der Waals surface area contributed by atoms with Crippen LogP contribution in [0.25, 0.3) is 0 Å². The molecule has 0 spiro atoms. The number of rotatable bonds is 6. The van der Waals surface area contributed by atoms with Crippen LogP contribution >= 0.6 is 0 Å². The Morgan fingerprint density at radius 1 is 0.821 bits per heavy atom. The summed E-state index contributed by atoms with van der Waals surface area (Å²) in [5, 5.41) is 2.92. The van der Waals surface area contributed by atoms with Crippen molar-refractivity contribution in [3.05, 3.63) is 102 Å². The lowest BCUT2D eigenvalue weighted by atomic mass is 9.84. The summed E-state index contributed by atoms with van der Waals surface area (Å²) in [5.74, 6) is -0.873. The molecule has 0 atom stereocenters. The van der Waals surface area contributed by atoms with E-state index in [0.717, 1.165) is 5.56 Å². The van der Waals surface area contributed by atoms with Gasteiger partial charge in [-0.1, -0.05) is 85.3 Å². The monoisotopic (exact) mass is 373 g/mol. The predicted octanol–water partition coefficient (Wildman–Crippen LogP) is 4.83. The van der Waals surface area contributed by atoms with E-state index < -0.39 is 17.5 Å². The van der Waals surface area contributed by atoms with Gasteiger partial charge in [0.1, 0.15) is 0 Å². The molecule has 4 nitrogen and oxygen atoms in total. The number of esters is 1. The van der Waals surface area contributed by atoms with E-state index in [2.05, 4.69) is 5.32 Å². The fraction of sp³-hybridized carbons (Fsp3) is 0.167. The zero-order chi connectivity index (χ0) is 20.0. The van der Waals surface area contributed by atoms with Crippen molar-refractivity contribution in [2.45, 2.75) is 25.9 Å². The van der Waals surface area contributed by atoms with Gasteiger partial charge in [-0.05, 0) is 19.1 Å². The summed E-state index contributed by atoms with van der Waals surface area (Å²) in [7, 11) is 0. The van der Waals surface area contributed by atoms with Crippen molar-refractivity contribution in [2.75, 3.05) is 5.32 Å². The summed E-state index contributed by atoms with van der Waals surface area (Å²) in [6, 6.07) is 25.7. The molecule has 3 aromatic carbocycles. The number of nitrogens with one attached hydrogen (secondary N) is 1. The molecule has 0 aliphatic carbocycles. The minimum atomic E-state index is -1.58. The fourth-order valence-corrected chi connectivity index (χ4v) is 3.04. The molecule has 0 saturated carbocycles. The Kier molecular flexibility index (Phi) is 5.90. The summed E-state index contributed by atoms with van der Waals surface area (Å²) in [6.45, 7) is 3.69. The highest BCUT2D eigenvalue weighted by Gasteiger charge is 2.46. The van der Waals surface area contributed by atoms with Crippen molar-refractivity contribution < 1.29 is 14.3 Å². The van der Waals surface area contributed by atoms with Gasteiger partial charge in [0, 0.05) is 23.2 Å². The summed E-state index contributed by atoms with van der Waals surface area (Å²) in [4.78, 5) is 26.0. The van der Waals surface area contributed by atoms with Crippen molar-refractivity contribution >= 4 is 17.6 Å². The third-order valence-corrected chi connectivity index (χ3v) is 4.55. The normalized spacial score (nSPS) is 10.9. The van der Waals surface area contributed by atoms with Gasteiger partial charge in [0.15, 0.2) is 0 Å². The van der Waals surface area contributed by atoms with E-state index in [1.165, 1.54) is 0 Å². The maximum atomic E-state index is 13.6. The van der Waals surface area contributed by atoms with Crippen LogP contribution in [0.2, 0.25) is 0 Å². The minimum Gasteiger partial charge on any atom is -0.439 e. The lowest BCUT2D eigenvalue weighted by Crippen LogP contribution is -2.45. The molecule has 28 heavy (non-hydrogen) atoms. The van der Waals surface area contributed by atoms with Crippen LogP contribution in [-0.2, 0) is 19.9 Å². The van der Waals surface area contributed by atoms with Crippen LogP contribution in [0.5, 0.6) is 0 Å². The Morgan fingerprint density at radius 2 is 1.32 bits per heavy atom. The van der Waals surface area contributed by atoms with Crippen LogP contribution in [0, 0.1) is 6.92 Å². The van der Waals surface area contributed by atoms with Gasteiger partial charge in [0.2, 0.25) is 5.60 Å². The number of hydrogen-bond acceptors (Lipinski definition) is 3. The van der Waals surface area contributed by atoms with Crippen LogP contribution in [0.4, 0.5) is 5.69 Å². The summed E-state index contributed by atoms with van der Waals surface area (Å²) in [5.41, 5.74) is 1.33. The molecule has 1 N–H and O–H groups in total. The molecule has 0 aromatic heterocycles. The molecule has 0 saturated heterocycles. The maximum absolute atomic E-state index is 13.6. The van der Waals surface area contributed by atoms with Gasteiger partial charge in [0.25, 0.3) is 5.91 Å². The minimum absolute atomic E-state index is 0.166. The lowest BCUT2D eigenvalue weighted by molar-refractivity contribution is -0.163. The van der Waals surface area contributed by atoms with Crippen molar-refractivity contribution in [1.29, 1.82) is 0 Å². The number of hydrogen-bond donors (Lipinski definition) is 1. The highest BCUT2D eigenvalue weighted by atomic mass is 16.6. The summed E-state index contributed by atoms with van der Waals surface area (Å²) < 4.78 is 5.87. The van der Waals surface area contributed by atoms with E-state index in [1.807, 2.05) is 67.6 Å². The molecule has 0 aliphatic heterocycles. The Hall–Kier alpha value is -3.40. The Morgan fingerprint density at radius 3 is 1.79 bits per heavy atom. The van der Waals surface area contributed by atoms with E-state index in [1.54, 1.807) is 31.2 Å². The zero-order valence-electron chi connectivity index (χ0n) is 16.0. The van der Waals surface area contributed by atoms with Gasteiger partial charge in [-0.2, -0.15) is 0 Å². The highest BCUT2D eigenvalue weighted by Crippen LogP contribution is 2.36. The van der Waals surface area contributed by atoms with E-state index in [9.17, 15) is 9.59 Å². The quantitative estimate of drug-likeness (QED) is 0.630. The molecule has 0 bridgehead atoms. The second-order valence-electron chi connectivity index (χ2n) is 6.56. The second kappa shape index (κ2) is 8.53. The fourth-order valence-electron chi connectivity index (χ4n) is 3.04. The van der Waals surface area contributed by atoms with Crippen LogP contribution < -0.4 is 5.32 Å². The number of aryl methyl sites for hydroxylation is 1. The number of amides is 1. The second-order valence-corrected chi connectivity index (χ2v) is 6.56. The van der Waals surface area contributed by atoms with Crippen molar-refractivity contribution in [3.63, 3.8) is 0 Å². The summed E-state index contributed by atoms with van der Waals surface area (Å²) >= 11 is 0. The van der Waals surface area contributed by atoms with E-state index in [0.29, 0.717) is 16.8 Å². The average molecular weight is 373 g/mol. The van der Waals surface area contributed by atoms with Crippen LogP contribution in [0.3, 0.4) is 0 Å².